The Morgan fingerprint density at radius 2 is 2.55 bits per heavy atom. The normalized spacial score (nSPS) is 9.64. The van der Waals surface area contributed by atoms with Gasteiger partial charge in [-0.05, 0) is 30.0 Å². The fourth-order valence-corrected chi connectivity index (χ4v) is 1.60. The average molecular weight is 191 g/mol. The van der Waals surface area contributed by atoms with Gasteiger partial charge in [-0.15, -0.1) is 11.3 Å². The summed E-state index contributed by atoms with van der Waals surface area (Å²) in [6.07, 6.45) is 0. The fourth-order valence-electron chi connectivity index (χ4n) is 0.710. The highest BCUT2D eigenvalue weighted by atomic mass is 35.5. The quantitative estimate of drug-likeness (QED) is 0.685. The number of rotatable bonds is 3. The monoisotopic (exact) mass is 190 g/mol. The average Bonchev–Trinajstić information content (AvgIpc) is 2.36. The minimum atomic E-state index is -0.455. The summed E-state index contributed by atoms with van der Waals surface area (Å²) in [5, 5.41) is 1.32. The maximum absolute atomic E-state index is 10.7. The highest BCUT2D eigenvalue weighted by molar-refractivity contribution is 7.14. The maximum Gasteiger partial charge on any atom is 0.266 e. The summed E-state index contributed by atoms with van der Waals surface area (Å²) in [6, 6.07) is 1.74. The first kappa shape index (κ1) is 8.56. The minimum absolute atomic E-state index is 0.455. The zero-order valence-corrected chi connectivity index (χ0v) is 7.54. The van der Waals surface area contributed by atoms with Gasteiger partial charge >= 0.3 is 0 Å². The van der Waals surface area contributed by atoms with Crippen molar-refractivity contribution in [3.05, 3.63) is 16.3 Å². The molecule has 1 heterocycles. The molecule has 0 aliphatic rings. The Hall–Kier alpha value is -0.540. The zero-order chi connectivity index (χ0) is 8.27. The van der Waals surface area contributed by atoms with Crippen LogP contribution < -0.4 is 4.74 Å². The Morgan fingerprint density at radius 1 is 1.82 bits per heavy atom. The van der Waals surface area contributed by atoms with Crippen LogP contribution in [0.15, 0.2) is 11.4 Å². The Balaban J connectivity index is 2.87. The number of hydrogen-bond acceptors (Lipinski definition) is 3. The third-order valence-electron chi connectivity index (χ3n) is 1.11. The van der Waals surface area contributed by atoms with Crippen molar-refractivity contribution in [2.45, 2.75) is 6.92 Å². The molecule has 0 aliphatic heterocycles. The summed E-state index contributed by atoms with van der Waals surface area (Å²) >= 11 is 6.57. The van der Waals surface area contributed by atoms with Crippen LogP contribution in [0.5, 0.6) is 5.75 Å². The Bertz CT molecular complexity index is 257. The van der Waals surface area contributed by atoms with Crippen LogP contribution in [0, 0.1) is 0 Å². The van der Waals surface area contributed by atoms with E-state index >= 15 is 0 Å². The van der Waals surface area contributed by atoms with Crippen LogP contribution >= 0.6 is 22.9 Å². The molecular weight excluding hydrogens is 184 g/mol. The van der Waals surface area contributed by atoms with Crippen molar-refractivity contribution in [2.75, 3.05) is 6.61 Å². The van der Waals surface area contributed by atoms with E-state index in [1.165, 1.54) is 11.3 Å². The lowest BCUT2D eigenvalue weighted by Crippen LogP contribution is -1.94. The van der Waals surface area contributed by atoms with Crippen molar-refractivity contribution in [3.8, 4) is 5.75 Å². The molecule has 0 fully saturated rings. The van der Waals surface area contributed by atoms with Crippen molar-refractivity contribution in [3.63, 3.8) is 0 Å². The molecule has 0 amide bonds. The van der Waals surface area contributed by atoms with Crippen molar-refractivity contribution < 1.29 is 9.53 Å². The number of carbonyl (C=O) groups is 1. The van der Waals surface area contributed by atoms with Crippen molar-refractivity contribution in [2.24, 2.45) is 0 Å². The van der Waals surface area contributed by atoms with E-state index in [1.807, 2.05) is 6.92 Å². The lowest BCUT2D eigenvalue weighted by Gasteiger charge is -1.99. The predicted molar refractivity (Wildman–Crippen MR) is 45.7 cm³/mol. The molecule has 0 aromatic carbocycles. The van der Waals surface area contributed by atoms with Gasteiger partial charge in [0.05, 0.1) is 6.61 Å². The van der Waals surface area contributed by atoms with Crippen molar-refractivity contribution in [1.29, 1.82) is 0 Å². The number of thiophene rings is 1. The summed E-state index contributed by atoms with van der Waals surface area (Å²) in [5.74, 6) is 0.581. The van der Waals surface area contributed by atoms with Gasteiger partial charge in [-0.1, -0.05) is 0 Å². The van der Waals surface area contributed by atoms with Gasteiger partial charge in [-0.2, -0.15) is 0 Å². The standard InChI is InChI=1S/C7H7ClO2S/c1-2-10-5-3-4-11-6(5)7(8)9/h3-4H,2H2,1H3. The zero-order valence-electron chi connectivity index (χ0n) is 5.96. The van der Waals surface area contributed by atoms with Crippen LogP contribution in [0.25, 0.3) is 0 Å². The summed E-state index contributed by atoms with van der Waals surface area (Å²) < 4.78 is 5.14. The van der Waals surface area contributed by atoms with E-state index in [2.05, 4.69) is 0 Å². The van der Waals surface area contributed by atoms with Gasteiger partial charge in [0.1, 0.15) is 10.6 Å². The minimum Gasteiger partial charge on any atom is -0.492 e. The van der Waals surface area contributed by atoms with Crippen LogP contribution in [0.4, 0.5) is 0 Å². The van der Waals surface area contributed by atoms with E-state index < -0.39 is 5.24 Å². The number of ether oxygens (including phenoxy) is 1. The van der Waals surface area contributed by atoms with E-state index in [-0.39, 0.29) is 0 Å². The first-order valence-electron chi connectivity index (χ1n) is 3.15. The third-order valence-corrected chi connectivity index (χ3v) is 2.30. The van der Waals surface area contributed by atoms with Gasteiger partial charge in [0.25, 0.3) is 5.24 Å². The van der Waals surface area contributed by atoms with Gasteiger partial charge in [-0.3, -0.25) is 4.79 Å². The van der Waals surface area contributed by atoms with Crippen LogP contribution in [0.2, 0.25) is 0 Å². The van der Waals surface area contributed by atoms with E-state index in [1.54, 1.807) is 11.4 Å². The molecule has 1 rings (SSSR count). The highest BCUT2D eigenvalue weighted by Crippen LogP contribution is 2.26. The van der Waals surface area contributed by atoms with Crippen LogP contribution in [0.3, 0.4) is 0 Å². The van der Waals surface area contributed by atoms with Gasteiger partial charge in [0, 0.05) is 0 Å². The molecule has 1 aromatic heterocycles. The molecule has 0 N–H and O–H groups in total. The second-order valence-electron chi connectivity index (χ2n) is 1.82. The molecule has 1 aromatic rings. The first-order chi connectivity index (χ1) is 5.25. The molecule has 0 saturated heterocycles. The van der Waals surface area contributed by atoms with Crippen molar-refractivity contribution >= 4 is 28.2 Å². The molecule has 0 atom stereocenters. The Morgan fingerprint density at radius 3 is 3.09 bits per heavy atom. The van der Waals surface area contributed by atoms with E-state index in [9.17, 15) is 4.79 Å². The van der Waals surface area contributed by atoms with E-state index in [0.29, 0.717) is 17.2 Å². The summed E-state index contributed by atoms with van der Waals surface area (Å²) in [4.78, 5) is 11.2. The summed E-state index contributed by atoms with van der Waals surface area (Å²) in [7, 11) is 0. The highest BCUT2D eigenvalue weighted by Gasteiger charge is 2.10. The largest absolute Gasteiger partial charge is 0.492 e. The number of hydrogen-bond donors (Lipinski definition) is 0. The third kappa shape index (κ3) is 1.94. The number of halogens is 1. The van der Waals surface area contributed by atoms with Crippen LogP contribution in [0.1, 0.15) is 16.6 Å². The predicted octanol–water partition coefficient (Wildman–Crippen LogP) is 2.53. The van der Waals surface area contributed by atoms with E-state index in [0.717, 1.165) is 0 Å². The SMILES string of the molecule is CCOc1ccsc1C(=O)Cl. The molecule has 0 bridgehead atoms. The molecule has 4 heteroatoms. The van der Waals surface area contributed by atoms with Crippen LogP contribution in [-0.4, -0.2) is 11.8 Å². The number of carbonyl (C=O) groups excluding carboxylic acids is 1. The maximum atomic E-state index is 10.7. The molecule has 11 heavy (non-hydrogen) atoms. The van der Waals surface area contributed by atoms with Gasteiger partial charge in [-0.25, -0.2) is 0 Å². The fraction of sp³-hybridized carbons (Fsp3) is 0.286. The second kappa shape index (κ2) is 3.74. The van der Waals surface area contributed by atoms with Crippen molar-refractivity contribution in [1.82, 2.24) is 0 Å². The van der Waals surface area contributed by atoms with Gasteiger partial charge in [0.2, 0.25) is 0 Å². The molecule has 0 spiro atoms. The Kier molecular flexibility index (Phi) is 2.91. The molecule has 60 valence electrons. The van der Waals surface area contributed by atoms with Crippen LogP contribution in [-0.2, 0) is 0 Å². The summed E-state index contributed by atoms with van der Waals surface area (Å²) in [6.45, 7) is 2.41. The lowest BCUT2D eigenvalue weighted by molar-refractivity contribution is 0.108. The van der Waals surface area contributed by atoms with E-state index in [4.69, 9.17) is 16.3 Å². The first-order valence-corrected chi connectivity index (χ1v) is 4.41. The molecule has 0 radical (unpaired) electrons. The summed E-state index contributed by atoms with van der Waals surface area (Å²) in [5.41, 5.74) is 0. The van der Waals surface area contributed by atoms with Gasteiger partial charge < -0.3 is 4.74 Å². The second-order valence-corrected chi connectivity index (χ2v) is 3.08. The molecule has 0 aliphatic carbocycles. The van der Waals surface area contributed by atoms with Gasteiger partial charge in [0.15, 0.2) is 0 Å². The molecule has 0 saturated carbocycles. The Labute approximate surface area is 73.7 Å². The molecular formula is C7H7ClO2S. The lowest BCUT2D eigenvalue weighted by atomic mass is 10.4. The topological polar surface area (TPSA) is 26.3 Å². The smallest absolute Gasteiger partial charge is 0.266 e. The molecule has 0 unspecified atom stereocenters. The molecule has 2 nitrogen and oxygen atoms in total.